The topological polar surface area (TPSA) is 41.7 Å². The normalized spacial score (nSPS) is 14.0. The second-order valence-electron chi connectivity index (χ2n) is 7.17. The van der Waals surface area contributed by atoms with Crippen LogP contribution in [0, 0.1) is 0 Å². The van der Waals surface area contributed by atoms with E-state index in [0.29, 0.717) is 5.75 Å². The molecule has 0 radical (unpaired) electrons. The Morgan fingerprint density at radius 1 is 1.11 bits per heavy atom. The SMILES string of the molecule is C[n+]1c(SCC(=O)n2c3c(c4ccccc42)CCCC3)[nH]c2ccccc21. The molecule has 0 unspecified atom stereocenters. The molecule has 0 aliphatic heterocycles. The summed E-state index contributed by atoms with van der Waals surface area (Å²) in [6.07, 6.45) is 4.47. The summed E-state index contributed by atoms with van der Waals surface area (Å²) in [7, 11) is 2.04. The van der Waals surface area contributed by atoms with E-state index in [1.54, 1.807) is 11.8 Å². The summed E-state index contributed by atoms with van der Waals surface area (Å²) in [6.45, 7) is 0. The Bertz CT molecular complexity index is 1170. The van der Waals surface area contributed by atoms with Crippen LogP contribution in [0.1, 0.15) is 28.9 Å². The van der Waals surface area contributed by atoms with Gasteiger partial charge >= 0.3 is 5.16 Å². The van der Waals surface area contributed by atoms with Crippen molar-refractivity contribution in [1.82, 2.24) is 9.55 Å². The smallest absolute Gasteiger partial charge is 0.283 e. The first-order valence-corrected chi connectivity index (χ1v) is 10.5. The molecule has 1 aliphatic rings. The third kappa shape index (κ3) is 2.69. The van der Waals surface area contributed by atoms with Crippen molar-refractivity contribution in [3.8, 4) is 0 Å². The second kappa shape index (κ2) is 6.57. The fourth-order valence-corrected chi connectivity index (χ4v) is 5.15. The van der Waals surface area contributed by atoms with Gasteiger partial charge in [0.1, 0.15) is 0 Å². The maximum Gasteiger partial charge on any atom is 0.317 e. The molecule has 0 spiro atoms. The van der Waals surface area contributed by atoms with Gasteiger partial charge in [0.05, 0.1) is 18.3 Å². The van der Waals surface area contributed by atoms with Gasteiger partial charge in [-0.05, 0) is 61.2 Å². The van der Waals surface area contributed by atoms with Crippen LogP contribution in [-0.2, 0) is 19.9 Å². The van der Waals surface area contributed by atoms with E-state index in [9.17, 15) is 4.79 Å². The standard InChI is InChI=1S/C22H21N3OS/c1-24-20-13-7-4-10-17(20)23-22(24)27-14-21(26)25-18-11-5-2-8-15(18)16-9-3-6-12-19(16)25/h2,4-5,7-8,10-11,13H,3,6,9,12,14H2,1H3/p+1. The molecule has 2 aromatic carbocycles. The molecular weight excluding hydrogens is 354 g/mol. The van der Waals surface area contributed by atoms with Gasteiger partial charge in [-0.25, -0.2) is 9.55 Å². The average molecular weight is 377 g/mol. The number of rotatable bonds is 3. The van der Waals surface area contributed by atoms with Crippen LogP contribution in [0.15, 0.2) is 53.7 Å². The molecule has 0 amide bonds. The molecule has 136 valence electrons. The van der Waals surface area contributed by atoms with Gasteiger partial charge in [0.15, 0.2) is 11.0 Å². The molecule has 0 bridgehead atoms. The van der Waals surface area contributed by atoms with E-state index >= 15 is 0 Å². The minimum atomic E-state index is 0.165. The Kier molecular flexibility index (Phi) is 4.05. The van der Waals surface area contributed by atoms with Gasteiger partial charge in [-0.3, -0.25) is 9.36 Å². The monoisotopic (exact) mass is 376 g/mol. The van der Waals surface area contributed by atoms with E-state index in [4.69, 9.17) is 0 Å². The van der Waals surface area contributed by atoms with E-state index < -0.39 is 0 Å². The van der Waals surface area contributed by atoms with Gasteiger partial charge in [-0.2, -0.15) is 0 Å². The summed E-state index contributed by atoms with van der Waals surface area (Å²) in [5, 5.41) is 2.26. The molecule has 5 heteroatoms. The van der Waals surface area contributed by atoms with Crippen LogP contribution in [0.3, 0.4) is 0 Å². The maximum atomic E-state index is 13.2. The molecule has 0 saturated carbocycles. The van der Waals surface area contributed by atoms with Gasteiger partial charge in [-0.1, -0.05) is 30.3 Å². The number of aromatic nitrogens is 3. The molecule has 4 nitrogen and oxygen atoms in total. The van der Waals surface area contributed by atoms with E-state index in [2.05, 4.69) is 39.9 Å². The zero-order valence-corrected chi connectivity index (χ0v) is 16.2. The minimum Gasteiger partial charge on any atom is -0.283 e. The number of hydrogen-bond acceptors (Lipinski definition) is 2. The molecule has 1 N–H and O–H groups in total. The number of benzene rings is 2. The van der Waals surface area contributed by atoms with Crippen molar-refractivity contribution in [1.29, 1.82) is 0 Å². The predicted octanol–water partition coefficient (Wildman–Crippen LogP) is 4.26. The number of carbonyl (C=O) groups is 1. The molecule has 2 aromatic heterocycles. The lowest BCUT2D eigenvalue weighted by Gasteiger charge is -2.14. The van der Waals surface area contributed by atoms with E-state index in [0.717, 1.165) is 34.5 Å². The highest BCUT2D eigenvalue weighted by atomic mass is 32.2. The van der Waals surface area contributed by atoms with E-state index in [-0.39, 0.29) is 5.91 Å². The summed E-state index contributed by atoms with van der Waals surface area (Å²) < 4.78 is 4.11. The summed E-state index contributed by atoms with van der Waals surface area (Å²) in [4.78, 5) is 16.6. The number of para-hydroxylation sites is 3. The van der Waals surface area contributed by atoms with Crippen LogP contribution in [0.4, 0.5) is 0 Å². The Morgan fingerprint density at radius 2 is 1.89 bits per heavy atom. The average Bonchev–Trinajstić information content (AvgIpc) is 3.22. The Hall–Kier alpha value is -2.53. The molecule has 1 aliphatic carbocycles. The molecular formula is C22H22N3OS+. The molecule has 4 aromatic rings. The first kappa shape index (κ1) is 16.6. The van der Waals surface area contributed by atoms with Crippen molar-refractivity contribution in [2.24, 2.45) is 7.05 Å². The van der Waals surface area contributed by atoms with Crippen LogP contribution in [-0.4, -0.2) is 21.2 Å². The van der Waals surface area contributed by atoms with E-state index in [1.165, 1.54) is 29.5 Å². The van der Waals surface area contributed by atoms with Gasteiger partial charge in [0, 0.05) is 11.1 Å². The number of carbonyl (C=O) groups excluding carboxylic acids is 1. The zero-order valence-electron chi connectivity index (χ0n) is 15.4. The first-order chi connectivity index (χ1) is 13.2. The van der Waals surface area contributed by atoms with Crippen LogP contribution in [0.25, 0.3) is 21.9 Å². The summed E-state index contributed by atoms with van der Waals surface area (Å²) in [5.41, 5.74) is 5.92. The number of fused-ring (bicyclic) bond motifs is 4. The third-order valence-corrected chi connectivity index (χ3v) is 6.61. The molecule has 0 fully saturated rings. The predicted molar refractivity (Wildman–Crippen MR) is 109 cm³/mol. The summed E-state index contributed by atoms with van der Waals surface area (Å²) in [6, 6.07) is 16.6. The molecule has 2 heterocycles. The maximum absolute atomic E-state index is 13.2. The highest BCUT2D eigenvalue weighted by Crippen LogP contribution is 2.32. The zero-order chi connectivity index (χ0) is 18.4. The Labute approximate surface area is 162 Å². The fourth-order valence-electron chi connectivity index (χ4n) is 4.29. The Balaban J connectivity index is 1.48. The highest BCUT2D eigenvalue weighted by molar-refractivity contribution is 7.99. The quantitative estimate of drug-likeness (QED) is 0.429. The third-order valence-electron chi connectivity index (χ3n) is 5.57. The van der Waals surface area contributed by atoms with Crippen molar-refractivity contribution in [3.63, 3.8) is 0 Å². The largest absolute Gasteiger partial charge is 0.317 e. The van der Waals surface area contributed by atoms with Crippen LogP contribution in [0.2, 0.25) is 0 Å². The van der Waals surface area contributed by atoms with Crippen molar-refractivity contribution < 1.29 is 9.36 Å². The lowest BCUT2D eigenvalue weighted by atomic mass is 9.96. The highest BCUT2D eigenvalue weighted by Gasteiger charge is 2.24. The number of thioether (sulfide) groups is 1. The number of nitrogens with one attached hydrogen (secondary N) is 1. The summed E-state index contributed by atoms with van der Waals surface area (Å²) in [5.74, 6) is 0.587. The molecule has 27 heavy (non-hydrogen) atoms. The molecule has 0 saturated heterocycles. The van der Waals surface area contributed by atoms with Crippen molar-refractivity contribution in [2.75, 3.05) is 5.75 Å². The van der Waals surface area contributed by atoms with Gasteiger partial charge < -0.3 is 0 Å². The number of H-pyrrole nitrogens is 1. The minimum absolute atomic E-state index is 0.165. The summed E-state index contributed by atoms with van der Waals surface area (Å²) >= 11 is 1.58. The van der Waals surface area contributed by atoms with E-state index in [1.807, 2.05) is 29.8 Å². The van der Waals surface area contributed by atoms with Gasteiger partial charge in [0.2, 0.25) is 5.91 Å². The number of aryl methyl sites for hydroxylation is 2. The molecule has 5 rings (SSSR count). The van der Waals surface area contributed by atoms with Crippen LogP contribution < -0.4 is 4.57 Å². The Morgan fingerprint density at radius 3 is 2.78 bits per heavy atom. The number of hydrogen-bond donors (Lipinski definition) is 1. The number of imidazole rings is 1. The van der Waals surface area contributed by atoms with Crippen LogP contribution in [0.5, 0.6) is 0 Å². The van der Waals surface area contributed by atoms with Crippen LogP contribution >= 0.6 is 11.8 Å². The van der Waals surface area contributed by atoms with Gasteiger partial charge in [-0.15, -0.1) is 0 Å². The lowest BCUT2D eigenvalue weighted by Crippen LogP contribution is -2.29. The fraction of sp³-hybridized carbons (Fsp3) is 0.273. The molecule has 0 atom stereocenters. The van der Waals surface area contributed by atoms with Gasteiger partial charge in [0.25, 0.3) is 0 Å². The second-order valence-corrected chi connectivity index (χ2v) is 8.14. The van der Waals surface area contributed by atoms with Crippen molar-refractivity contribution in [2.45, 2.75) is 30.8 Å². The number of nitrogens with zero attached hydrogens (tertiary/aromatic N) is 2. The number of aromatic amines is 1. The van der Waals surface area contributed by atoms with Crippen molar-refractivity contribution in [3.05, 3.63) is 59.8 Å². The lowest BCUT2D eigenvalue weighted by molar-refractivity contribution is -0.683. The van der Waals surface area contributed by atoms with Crippen molar-refractivity contribution >= 4 is 39.6 Å². The first-order valence-electron chi connectivity index (χ1n) is 9.48.